The van der Waals surface area contributed by atoms with E-state index in [1.807, 2.05) is 56.4 Å². The molecule has 1 amide bonds. The molecule has 28 heavy (non-hydrogen) atoms. The first-order valence-electron chi connectivity index (χ1n) is 10.1. The van der Waals surface area contributed by atoms with Gasteiger partial charge in [0.05, 0.1) is 13.2 Å². The minimum atomic E-state index is 0.00631. The summed E-state index contributed by atoms with van der Waals surface area (Å²) in [6.07, 6.45) is 0.893. The van der Waals surface area contributed by atoms with Crippen LogP contribution in [0.25, 0.3) is 0 Å². The molecule has 2 rings (SSSR count). The smallest absolute Gasteiger partial charge is 0.279 e. The molecule has 0 saturated heterocycles. The average molecular weight is 386 g/mol. The van der Waals surface area contributed by atoms with Crippen LogP contribution in [-0.4, -0.2) is 25.7 Å². The van der Waals surface area contributed by atoms with E-state index in [9.17, 15) is 4.79 Å². The van der Waals surface area contributed by atoms with Gasteiger partial charge in [0.1, 0.15) is 6.04 Å². The van der Waals surface area contributed by atoms with E-state index in [-0.39, 0.29) is 11.9 Å². The third-order valence-corrected chi connectivity index (χ3v) is 4.75. The Hall–Kier alpha value is -2.53. The molecule has 1 atom stereocenters. The Bertz CT molecular complexity index is 789. The van der Waals surface area contributed by atoms with E-state index in [1.54, 1.807) is 0 Å². The molecule has 5 nitrogen and oxygen atoms in total. The van der Waals surface area contributed by atoms with Crippen molar-refractivity contribution >= 4 is 11.6 Å². The molecule has 0 fully saturated rings. The predicted molar refractivity (Wildman–Crippen MR) is 113 cm³/mol. The van der Waals surface area contributed by atoms with Crippen LogP contribution in [0.3, 0.4) is 0 Å². The van der Waals surface area contributed by atoms with E-state index in [4.69, 9.17) is 9.47 Å². The Kier molecular flexibility index (Phi) is 8.33. The monoisotopic (exact) mass is 385 g/mol. The summed E-state index contributed by atoms with van der Waals surface area (Å²) in [6.45, 7) is 11.7. The first-order valence-corrected chi connectivity index (χ1v) is 10.1. The molecular weight excluding hydrogens is 352 g/mol. The highest BCUT2D eigenvalue weighted by Crippen LogP contribution is 2.30. The van der Waals surface area contributed by atoms with Crippen LogP contribution in [-0.2, 0) is 11.2 Å². The number of nitrogens with two attached hydrogens (primary N) is 1. The van der Waals surface area contributed by atoms with E-state index in [0.717, 1.165) is 40.3 Å². The Morgan fingerprint density at radius 2 is 1.79 bits per heavy atom. The van der Waals surface area contributed by atoms with E-state index >= 15 is 0 Å². The lowest BCUT2D eigenvalue weighted by Gasteiger charge is -2.16. The number of anilines is 1. The van der Waals surface area contributed by atoms with Crippen molar-refractivity contribution in [3.63, 3.8) is 0 Å². The molecule has 2 aromatic carbocycles. The maximum absolute atomic E-state index is 12.5. The van der Waals surface area contributed by atoms with Gasteiger partial charge in [-0.15, -0.1) is 0 Å². The van der Waals surface area contributed by atoms with E-state index in [2.05, 4.69) is 25.2 Å². The largest absolute Gasteiger partial charge is 0.490 e. The fourth-order valence-electron chi connectivity index (χ4n) is 3.16. The van der Waals surface area contributed by atoms with Gasteiger partial charge in [0.2, 0.25) is 0 Å². The van der Waals surface area contributed by atoms with Gasteiger partial charge in [0.15, 0.2) is 18.0 Å². The summed E-state index contributed by atoms with van der Waals surface area (Å²) in [4.78, 5) is 12.5. The lowest BCUT2D eigenvalue weighted by molar-refractivity contribution is -0.682. The normalized spacial score (nSPS) is 11.8. The number of aryl methyl sites for hydroxylation is 2. The van der Waals surface area contributed by atoms with Crippen LogP contribution in [0.2, 0.25) is 0 Å². The van der Waals surface area contributed by atoms with Crippen LogP contribution >= 0.6 is 0 Å². The molecule has 0 aliphatic rings. The van der Waals surface area contributed by atoms with E-state index in [0.29, 0.717) is 19.8 Å². The molecule has 0 heterocycles. The topological polar surface area (TPSA) is 64.2 Å². The van der Waals surface area contributed by atoms with Crippen molar-refractivity contribution in [2.45, 2.75) is 47.1 Å². The van der Waals surface area contributed by atoms with Gasteiger partial charge in [-0.05, 0) is 63.4 Å². The first kappa shape index (κ1) is 21.8. The summed E-state index contributed by atoms with van der Waals surface area (Å²) in [5.74, 6) is 1.51. The van der Waals surface area contributed by atoms with Gasteiger partial charge in [-0.3, -0.25) is 4.79 Å². The molecule has 0 radical (unpaired) electrons. The van der Waals surface area contributed by atoms with Crippen molar-refractivity contribution < 1.29 is 19.6 Å². The van der Waals surface area contributed by atoms with Crippen molar-refractivity contribution in [3.8, 4) is 11.5 Å². The zero-order valence-corrected chi connectivity index (χ0v) is 17.7. The van der Waals surface area contributed by atoms with Gasteiger partial charge in [-0.2, -0.15) is 0 Å². The molecule has 0 aliphatic carbocycles. The van der Waals surface area contributed by atoms with Crippen LogP contribution < -0.4 is 20.1 Å². The van der Waals surface area contributed by atoms with Gasteiger partial charge in [0, 0.05) is 11.3 Å². The minimum Gasteiger partial charge on any atom is -0.490 e. The molecule has 2 aromatic rings. The molecule has 152 valence electrons. The van der Waals surface area contributed by atoms with Crippen molar-refractivity contribution in [2.75, 3.05) is 25.1 Å². The highest BCUT2D eigenvalue weighted by atomic mass is 16.5. The fraction of sp³-hybridized carbons (Fsp3) is 0.435. The van der Waals surface area contributed by atoms with E-state index in [1.165, 1.54) is 0 Å². The van der Waals surface area contributed by atoms with Gasteiger partial charge in [-0.1, -0.05) is 25.1 Å². The predicted octanol–water partition coefficient (Wildman–Crippen LogP) is 3.62. The van der Waals surface area contributed by atoms with Gasteiger partial charge in [-0.25, -0.2) is 0 Å². The molecule has 0 bridgehead atoms. The SMILES string of the molecule is CCOc1ccc([C@@H](C)[NH2+]CC(=O)Nc2c(C)cccc2CC)cc1OCC. The number of para-hydroxylation sites is 1. The van der Waals surface area contributed by atoms with Gasteiger partial charge in [0.25, 0.3) is 5.91 Å². The quantitative estimate of drug-likeness (QED) is 0.657. The molecule has 0 saturated carbocycles. The standard InChI is InChI=1S/C23H32N2O3/c1-6-18-11-9-10-16(4)23(18)25-22(26)15-24-17(5)19-12-13-20(27-7-2)21(14-19)28-8-3/h9-14,17,24H,6-8,15H2,1-5H3,(H,25,26)/p+1/t17-/m1/s1. The second-order valence-corrected chi connectivity index (χ2v) is 6.81. The van der Waals surface area contributed by atoms with Gasteiger partial charge >= 0.3 is 0 Å². The Labute approximate surface area is 168 Å². The number of rotatable bonds is 10. The summed E-state index contributed by atoms with van der Waals surface area (Å²) in [7, 11) is 0. The second-order valence-electron chi connectivity index (χ2n) is 6.81. The van der Waals surface area contributed by atoms with Crippen LogP contribution in [0.15, 0.2) is 36.4 Å². The molecule has 0 aromatic heterocycles. The van der Waals surface area contributed by atoms with Crippen molar-refractivity contribution in [3.05, 3.63) is 53.1 Å². The van der Waals surface area contributed by atoms with Crippen molar-refractivity contribution in [1.29, 1.82) is 0 Å². The molecular formula is C23H33N2O3+. The van der Waals surface area contributed by atoms with E-state index < -0.39 is 0 Å². The summed E-state index contributed by atoms with van der Waals surface area (Å²) in [5.41, 5.74) is 4.29. The number of quaternary nitrogens is 1. The van der Waals surface area contributed by atoms with Crippen molar-refractivity contribution in [2.24, 2.45) is 0 Å². The van der Waals surface area contributed by atoms with Crippen LogP contribution in [0.5, 0.6) is 11.5 Å². The molecule has 5 heteroatoms. The third-order valence-electron chi connectivity index (χ3n) is 4.75. The second kappa shape index (κ2) is 10.7. The van der Waals surface area contributed by atoms with Crippen LogP contribution in [0, 0.1) is 6.92 Å². The highest BCUT2D eigenvalue weighted by molar-refractivity contribution is 5.93. The molecule has 0 aliphatic heterocycles. The molecule has 0 spiro atoms. The number of hydrogen-bond acceptors (Lipinski definition) is 3. The number of amides is 1. The maximum Gasteiger partial charge on any atom is 0.279 e. The summed E-state index contributed by atoms with van der Waals surface area (Å²) >= 11 is 0. The molecule has 0 unspecified atom stereocenters. The van der Waals surface area contributed by atoms with Crippen LogP contribution in [0.4, 0.5) is 5.69 Å². The number of benzene rings is 2. The number of carbonyl (C=O) groups excluding carboxylic acids is 1. The zero-order valence-electron chi connectivity index (χ0n) is 17.7. The Morgan fingerprint density at radius 1 is 1.07 bits per heavy atom. The molecule has 3 N–H and O–H groups in total. The summed E-state index contributed by atoms with van der Waals surface area (Å²) < 4.78 is 11.3. The highest BCUT2D eigenvalue weighted by Gasteiger charge is 2.16. The average Bonchev–Trinajstić information content (AvgIpc) is 2.69. The Morgan fingerprint density at radius 3 is 2.46 bits per heavy atom. The minimum absolute atomic E-state index is 0.00631. The fourth-order valence-corrected chi connectivity index (χ4v) is 3.16. The van der Waals surface area contributed by atoms with Gasteiger partial charge < -0.3 is 20.1 Å². The third kappa shape index (κ3) is 5.73. The van der Waals surface area contributed by atoms with Crippen molar-refractivity contribution in [1.82, 2.24) is 0 Å². The first-order chi connectivity index (χ1) is 13.5. The lowest BCUT2D eigenvalue weighted by atomic mass is 10.1. The Balaban J connectivity index is 2.01. The maximum atomic E-state index is 12.5. The number of nitrogens with one attached hydrogen (secondary N) is 1. The summed E-state index contributed by atoms with van der Waals surface area (Å²) in [5, 5.41) is 5.11. The number of ether oxygens (including phenoxy) is 2. The number of hydrogen-bond donors (Lipinski definition) is 2. The summed E-state index contributed by atoms with van der Waals surface area (Å²) in [6, 6.07) is 12.2. The zero-order chi connectivity index (χ0) is 20.5. The lowest BCUT2D eigenvalue weighted by Crippen LogP contribution is -2.86. The number of carbonyl (C=O) groups is 1. The van der Waals surface area contributed by atoms with Crippen LogP contribution in [0.1, 0.15) is 50.4 Å².